The van der Waals surface area contributed by atoms with E-state index >= 15 is 8.78 Å². The van der Waals surface area contributed by atoms with Crippen molar-refractivity contribution < 1.29 is 18.7 Å². The number of aliphatic hydroxyl groups is 1. The van der Waals surface area contributed by atoms with Gasteiger partial charge in [-0.05, 0) is 32.8 Å². The third-order valence-corrected chi connectivity index (χ3v) is 6.30. The summed E-state index contributed by atoms with van der Waals surface area (Å²) in [5.74, 6) is -1.23. The molecule has 178 valence electrons. The summed E-state index contributed by atoms with van der Waals surface area (Å²) in [4.78, 5) is 21.9. The number of fused-ring (bicyclic) bond motifs is 1. The van der Waals surface area contributed by atoms with Crippen LogP contribution in [0.25, 0.3) is 5.65 Å². The lowest BCUT2D eigenvalue weighted by Crippen LogP contribution is -2.50. The monoisotopic (exact) mass is 469 g/mol. The Hall–Kier alpha value is -3.65. The molecule has 3 aromatic rings. The molecule has 1 aliphatic carbocycles. The molecule has 0 spiro atoms. The van der Waals surface area contributed by atoms with E-state index < -0.39 is 35.8 Å². The van der Waals surface area contributed by atoms with Crippen LogP contribution in [-0.2, 0) is 0 Å². The van der Waals surface area contributed by atoms with Gasteiger partial charge in [-0.2, -0.15) is 10.4 Å². The molecule has 34 heavy (non-hydrogen) atoms. The first-order valence-corrected chi connectivity index (χ1v) is 10.9. The number of pyridine rings is 1. The summed E-state index contributed by atoms with van der Waals surface area (Å²) in [6.45, 7) is 2.29. The van der Waals surface area contributed by atoms with Crippen LogP contribution in [0, 0.1) is 11.3 Å². The van der Waals surface area contributed by atoms with E-state index in [9.17, 15) is 9.90 Å². The predicted octanol–water partition coefficient (Wildman–Crippen LogP) is 2.29. The van der Waals surface area contributed by atoms with Gasteiger partial charge in [-0.15, -0.1) is 0 Å². The number of amides is 1. The molecule has 11 heteroatoms. The number of anilines is 1. The molecular formula is C23H25F2N7O2. The smallest absolute Gasteiger partial charge is 0.252 e. The minimum atomic E-state index is -1.75. The summed E-state index contributed by atoms with van der Waals surface area (Å²) in [5, 5.41) is 23.7. The second-order valence-electron chi connectivity index (χ2n) is 9.04. The molecule has 0 saturated heterocycles. The molecular weight excluding hydrogens is 444 g/mol. The highest BCUT2D eigenvalue weighted by Gasteiger charge is 2.45. The van der Waals surface area contributed by atoms with Gasteiger partial charge in [0.15, 0.2) is 5.65 Å². The number of primary amides is 1. The van der Waals surface area contributed by atoms with Gasteiger partial charge in [0.25, 0.3) is 5.91 Å². The maximum absolute atomic E-state index is 15.5. The number of carbonyl (C=O) groups excluding carboxylic acids is 1. The number of nitrogens with zero attached hydrogens (tertiary/aromatic N) is 6. The lowest BCUT2D eigenvalue weighted by Gasteiger charge is -2.39. The van der Waals surface area contributed by atoms with Crippen LogP contribution in [0.1, 0.15) is 54.1 Å². The molecule has 0 radical (unpaired) electrons. The fraction of sp³-hybridized carbons (Fsp3) is 0.435. The zero-order valence-corrected chi connectivity index (χ0v) is 18.8. The van der Waals surface area contributed by atoms with Crippen molar-refractivity contribution >= 4 is 17.2 Å². The molecule has 3 N–H and O–H groups in total. The van der Waals surface area contributed by atoms with Gasteiger partial charge in [-0.25, -0.2) is 18.3 Å². The molecule has 4 rings (SSSR count). The number of carbonyl (C=O) groups is 1. The SMILES string of the molecule is CC(C)(O)[C@H](F)CN(c1ccncc1C(N)=O)[C@@H]1C(c2cnn3cc(C#N)cnc23)CC[C@@H]1F. The lowest BCUT2D eigenvalue weighted by atomic mass is 9.92. The van der Waals surface area contributed by atoms with Crippen LogP contribution in [0.4, 0.5) is 14.5 Å². The highest BCUT2D eigenvalue weighted by Crippen LogP contribution is 2.43. The van der Waals surface area contributed by atoms with E-state index in [1.54, 1.807) is 6.20 Å². The fourth-order valence-corrected chi connectivity index (χ4v) is 4.50. The topological polar surface area (TPSA) is 133 Å². The van der Waals surface area contributed by atoms with Gasteiger partial charge >= 0.3 is 0 Å². The van der Waals surface area contributed by atoms with E-state index in [1.807, 2.05) is 6.07 Å². The Morgan fingerprint density at radius 2 is 2.18 bits per heavy atom. The Labute approximate surface area is 194 Å². The van der Waals surface area contributed by atoms with Gasteiger partial charge < -0.3 is 15.7 Å². The first-order valence-electron chi connectivity index (χ1n) is 10.9. The van der Waals surface area contributed by atoms with Crippen molar-refractivity contribution in [1.29, 1.82) is 5.26 Å². The molecule has 9 nitrogen and oxygen atoms in total. The quantitative estimate of drug-likeness (QED) is 0.542. The maximum Gasteiger partial charge on any atom is 0.252 e. The molecule has 0 aromatic carbocycles. The van der Waals surface area contributed by atoms with E-state index in [0.29, 0.717) is 23.2 Å². The van der Waals surface area contributed by atoms with Crippen LogP contribution in [0.15, 0.2) is 37.1 Å². The van der Waals surface area contributed by atoms with Gasteiger partial charge in [-0.3, -0.25) is 9.78 Å². The van der Waals surface area contributed by atoms with Gasteiger partial charge in [0.1, 0.15) is 18.4 Å². The van der Waals surface area contributed by atoms with E-state index in [4.69, 9.17) is 11.0 Å². The molecule has 1 amide bonds. The number of halogens is 2. The van der Waals surface area contributed by atoms with E-state index in [0.717, 1.165) is 0 Å². The first kappa shape index (κ1) is 23.5. The number of hydrogen-bond donors (Lipinski definition) is 2. The van der Waals surface area contributed by atoms with Crippen molar-refractivity contribution in [3.8, 4) is 6.07 Å². The largest absolute Gasteiger partial charge is 0.387 e. The summed E-state index contributed by atoms with van der Waals surface area (Å²) < 4.78 is 32.1. The Morgan fingerprint density at radius 3 is 2.85 bits per heavy atom. The van der Waals surface area contributed by atoms with Crippen molar-refractivity contribution in [2.24, 2.45) is 5.73 Å². The van der Waals surface area contributed by atoms with Crippen molar-refractivity contribution in [3.05, 3.63) is 53.7 Å². The second kappa shape index (κ2) is 8.95. The normalized spacial score (nSPS) is 21.4. The molecule has 1 aliphatic rings. The number of hydrogen-bond acceptors (Lipinski definition) is 7. The van der Waals surface area contributed by atoms with Gasteiger partial charge in [0.05, 0.1) is 47.4 Å². The number of nitriles is 1. The Bertz CT molecular complexity index is 1250. The number of alkyl halides is 2. The van der Waals surface area contributed by atoms with Crippen LogP contribution in [0.2, 0.25) is 0 Å². The van der Waals surface area contributed by atoms with Gasteiger partial charge in [0, 0.05) is 30.1 Å². The number of nitrogens with two attached hydrogens (primary N) is 1. The summed E-state index contributed by atoms with van der Waals surface area (Å²) >= 11 is 0. The second-order valence-corrected chi connectivity index (χ2v) is 9.04. The molecule has 1 fully saturated rings. The zero-order chi connectivity index (χ0) is 24.6. The third-order valence-electron chi connectivity index (χ3n) is 6.30. The number of rotatable bonds is 7. The fourth-order valence-electron chi connectivity index (χ4n) is 4.50. The van der Waals surface area contributed by atoms with Crippen LogP contribution in [-0.4, -0.2) is 61.1 Å². The molecule has 0 bridgehead atoms. The van der Waals surface area contributed by atoms with Crippen LogP contribution >= 0.6 is 0 Å². The highest BCUT2D eigenvalue weighted by molar-refractivity contribution is 5.98. The molecule has 0 aliphatic heterocycles. The Balaban J connectivity index is 1.83. The van der Waals surface area contributed by atoms with Gasteiger partial charge in [-0.1, -0.05) is 0 Å². The molecule has 4 atom stereocenters. The van der Waals surface area contributed by atoms with Crippen molar-refractivity contribution in [1.82, 2.24) is 19.6 Å². The summed E-state index contributed by atoms with van der Waals surface area (Å²) in [5.41, 5.74) is 5.55. The van der Waals surface area contributed by atoms with Crippen molar-refractivity contribution in [2.75, 3.05) is 11.4 Å². The minimum Gasteiger partial charge on any atom is -0.387 e. The molecule has 1 unspecified atom stereocenters. The molecule has 3 heterocycles. The van der Waals surface area contributed by atoms with E-state index in [-0.39, 0.29) is 24.2 Å². The Kier molecular flexibility index (Phi) is 6.18. The van der Waals surface area contributed by atoms with Crippen LogP contribution in [0.3, 0.4) is 0 Å². The average Bonchev–Trinajstić information content (AvgIpc) is 3.39. The standard InChI is InChI=1S/C23H25F2N7O2/c1-23(2,34)19(25)12-31(18-5-6-28-9-16(18)21(27)33)20-14(3-4-17(20)24)15-10-30-32-11-13(7-26)8-29-22(15)32/h5-6,8-11,14,17,19-20,34H,3-4,12H2,1-2H3,(H2,27,33)/t14?,17-,19+,20+/m0/s1. The third kappa shape index (κ3) is 4.28. The summed E-state index contributed by atoms with van der Waals surface area (Å²) in [6, 6.07) is 2.61. The summed E-state index contributed by atoms with van der Waals surface area (Å²) in [6.07, 6.45) is 4.72. The van der Waals surface area contributed by atoms with E-state index in [1.165, 1.54) is 54.1 Å². The Morgan fingerprint density at radius 1 is 1.41 bits per heavy atom. The molecule has 3 aromatic heterocycles. The van der Waals surface area contributed by atoms with Gasteiger partial charge in [0.2, 0.25) is 0 Å². The lowest BCUT2D eigenvalue weighted by molar-refractivity contribution is -0.000731. The van der Waals surface area contributed by atoms with Crippen molar-refractivity contribution in [3.63, 3.8) is 0 Å². The maximum atomic E-state index is 15.5. The molecule has 1 saturated carbocycles. The average molecular weight is 469 g/mol. The highest BCUT2D eigenvalue weighted by atomic mass is 19.1. The first-order chi connectivity index (χ1) is 16.1. The zero-order valence-electron chi connectivity index (χ0n) is 18.8. The minimum absolute atomic E-state index is 0.0277. The summed E-state index contributed by atoms with van der Waals surface area (Å²) in [7, 11) is 0. The van der Waals surface area contributed by atoms with Crippen LogP contribution in [0.5, 0.6) is 0 Å². The van der Waals surface area contributed by atoms with Crippen LogP contribution < -0.4 is 10.6 Å². The predicted molar refractivity (Wildman–Crippen MR) is 120 cm³/mol. The number of aromatic nitrogens is 4. The van der Waals surface area contributed by atoms with Crippen molar-refractivity contribution in [2.45, 2.75) is 56.6 Å². The van der Waals surface area contributed by atoms with E-state index in [2.05, 4.69) is 15.1 Å².